The quantitative estimate of drug-likeness (QED) is 0.0657. The van der Waals surface area contributed by atoms with Gasteiger partial charge in [0.05, 0.1) is 5.75 Å². The summed E-state index contributed by atoms with van der Waals surface area (Å²) >= 11 is 1.02. The van der Waals surface area contributed by atoms with Crippen LogP contribution in [-0.4, -0.2) is 114 Å². The first-order valence-corrected chi connectivity index (χ1v) is 21.8. The lowest BCUT2D eigenvalue weighted by atomic mass is 9.90. The van der Waals surface area contributed by atoms with Gasteiger partial charge in [-0.3, -0.25) is 19.2 Å². The topological polar surface area (TPSA) is 166 Å². The Labute approximate surface area is 358 Å². The minimum Gasteiger partial charge on any atom is -0.359 e. The summed E-state index contributed by atoms with van der Waals surface area (Å²) in [5.41, 5.74) is 2.37. The Kier molecular flexibility index (Phi) is 36.1. The third-order valence-corrected chi connectivity index (χ3v) is 9.72. The molecule has 0 spiro atoms. The second-order valence-electron chi connectivity index (χ2n) is 13.9. The molecule has 3 amide bonds. The Morgan fingerprint density at radius 3 is 1.92 bits per heavy atom. The van der Waals surface area contributed by atoms with Gasteiger partial charge in [-0.1, -0.05) is 91.0 Å². The molecule has 2 atom stereocenters. The zero-order valence-electron chi connectivity index (χ0n) is 36.2. The highest BCUT2D eigenvalue weighted by Crippen LogP contribution is 2.23. The van der Waals surface area contributed by atoms with Crippen LogP contribution in [0.1, 0.15) is 76.3 Å². The first-order chi connectivity index (χ1) is 28.7. The number of hydrogen-bond donors (Lipinski definition) is 5. The van der Waals surface area contributed by atoms with Crippen LogP contribution in [0, 0.1) is 5.92 Å². The van der Waals surface area contributed by atoms with Gasteiger partial charge >= 0.3 is 0 Å². The normalized spacial score (nSPS) is 13.2. The number of piperidine rings is 1. The number of thioether (sulfide) groups is 1. The molecule has 13 heteroatoms. The lowest BCUT2D eigenvalue weighted by Gasteiger charge is -2.35. The maximum Gasteiger partial charge on any atom is 0.245 e. The van der Waals surface area contributed by atoms with Crippen LogP contribution in [0.3, 0.4) is 0 Å². The van der Waals surface area contributed by atoms with Gasteiger partial charge in [-0.05, 0) is 120 Å². The highest BCUT2D eigenvalue weighted by Gasteiger charge is 2.29. The number of aldehydes is 2. The van der Waals surface area contributed by atoms with Gasteiger partial charge < -0.3 is 41.1 Å². The van der Waals surface area contributed by atoms with Crippen LogP contribution in [0.5, 0.6) is 0 Å². The molecule has 1 fully saturated rings. The molecule has 3 aromatic rings. The Hall–Kier alpha value is -4.43. The van der Waals surface area contributed by atoms with Crippen LogP contribution in [0.15, 0.2) is 72.8 Å². The highest BCUT2D eigenvalue weighted by molar-refractivity contribution is 8.14. The molecule has 0 aromatic heterocycles. The molecular weight excluding hydrogens is 765 g/mol. The van der Waals surface area contributed by atoms with Crippen molar-refractivity contribution in [3.05, 3.63) is 83.9 Å². The van der Waals surface area contributed by atoms with E-state index >= 15 is 0 Å². The largest absolute Gasteiger partial charge is 0.359 e. The number of nitrogens with one attached hydrogen (secondary N) is 5. The average Bonchev–Trinajstić information content (AvgIpc) is 3.25. The molecule has 0 saturated carbocycles. The van der Waals surface area contributed by atoms with Gasteiger partial charge in [-0.2, -0.15) is 0 Å². The maximum absolute atomic E-state index is 13.3. The first kappa shape index (κ1) is 54.6. The van der Waals surface area contributed by atoms with E-state index < -0.39 is 6.04 Å². The van der Waals surface area contributed by atoms with Crippen LogP contribution >= 0.6 is 11.8 Å². The number of benzene rings is 3. The van der Waals surface area contributed by atoms with Gasteiger partial charge in [0.15, 0.2) is 5.12 Å². The van der Waals surface area contributed by atoms with E-state index in [9.17, 15) is 28.8 Å². The number of carbonyl (C=O) groups excluding carboxylic acids is 6. The van der Waals surface area contributed by atoms with Crippen LogP contribution in [-0.2, 0) is 41.6 Å². The fraction of sp³-hybridized carbons (Fsp3) is 0.522. The molecule has 1 saturated heterocycles. The maximum atomic E-state index is 13.3. The minimum absolute atomic E-state index is 0.00731. The molecule has 4 rings (SSSR count). The molecular formula is C46H72N6O6S. The van der Waals surface area contributed by atoms with Crippen LogP contribution < -0.4 is 26.6 Å². The second kappa shape index (κ2) is 39.1. The van der Waals surface area contributed by atoms with Crippen molar-refractivity contribution in [1.29, 1.82) is 0 Å². The lowest BCUT2D eigenvalue weighted by Crippen LogP contribution is -2.50. The summed E-state index contributed by atoms with van der Waals surface area (Å²) in [5, 5.41) is 16.8. The number of rotatable bonds is 22. The molecule has 59 heavy (non-hydrogen) atoms. The van der Waals surface area contributed by atoms with E-state index in [1.165, 1.54) is 43.6 Å². The van der Waals surface area contributed by atoms with Crippen molar-refractivity contribution in [3.63, 3.8) is 0 Å². The third kappa shape index (κ3) is 29.4. The number of carbonyl (C=O) groups is 6. The fourth-order valence-electron chi connectivity index (χ4n) is 6.05. The molecule has 328 valence electrons. The van der Waals surface area contributed by atoms with Gasteiger partial charge in [0.2, 0.25) is 18.7 Å². The molecule has 5 N–H and O–H groups in total. The molecule has 1 heterocycles. The number of likely N-dealkylation sites (tertiary alicyclic amines) is 1. The predicted molar refractivity (Wildman–Crippen MR) is 245 cm³/mol. The summed E-state index contributed by atoms with van der Waals surface area (Å²) in [6.45, 7) is 8.90. The van der Waals surface area contributed by atoms with Crippen LogP contribution in [0.4, 0.5) is 0 Å². The number of unbranched alkanes of at least 4 members (excludes halogenated alkanes) is 4. The zero-order chi connectivity index (χ0) is 43.8. The van der Waals surface area contributed by atoms with E-state index in [4.69, 9.17) is 0 Å². The monoisotopic (exact) mass is 837 g/mol. The number of fused-ring (bicyclic) bond motifs is 1. The summed E-state index contributed by atoms with van der Waals surface area (Å²) < 4.78 is 0. The van der Waals surface area contributed by atoms with Crippen molar-refractivity contribution in [2.45, 2.75) is 84.1 Å². The highest BCUT2D eigenvalue weighted by atomic mass is 32.2. The summed E-state index contributed by atoms with van der Waals surface area (Å²) in [6.07, 6.45) is 13.3. The van der Waals surface area contributed by atoms with Crippen LogP contribution in [0.25, 0.3) is 10.8 Å². The van der Waals surface area contributed by atoms with Crippen molar-refractivity contribution < 1.29 is 28.8 Å². The van der Waals surface area contributed by atoms with Crippen LogP contribution in [0.2, 0.25) is 0 Å². The van der Waals surface area contributed by atoms with Crippen molar-refractivity contribution in [2.24, 2.45) is 5.92 Å². The fourth-order valence-corrected chi connectivity index (χ4v) is 6.35. The van der Waals surface area contributed by atoms with Gasteiger partial charge in [-0.25, -0.2) is 0 Å². The van der Waals surface area contributed by atoms with Crippen molar-refractivity contribution in [1.82, 2.24) is 31.5 Å². The van der Waals surface area contributed by atoms with Gasteiger partial charge in [0, 0.05) is 39.4 Å². The third-order valence-electron chi connectivity index (χ3n) is 9.01. The summed E-state index contributed by atoms with van der Waals surface area (Å²) in [4.78, 5) is 65.1. The molecule has 2 unspecified atom stereocenters. The van der Waals surface area contributed by atoms with E-state index in [1.807, 2.05) is 57.2 Å². The SMILES string of the molecule is CC(=O)SCC=O.CCNC=O.CNCCCCCC=O.CNCCCCNC.O=CNC(Cc1ccc2ccccc2c1)C(=O)N1CCCC(Cc2ccccc2)C1. The van der Waals surface area contributed by atoms with Gasteiger partial charge in [-0.15, -0.1) is 0 Å². The van der Waals surface area contributed by atoms with E-state index in [0.29, 0.717) is 31.4 Å². The Bertz CT molecular complexity index is 1530. The second-order valence-corrected chi connectivity index (χ2v) is 15.1. The number of hydrogen-bond acceptors (Lipinski definition) is 10. The lowest BCUT2D eigenvalue weighted by molar-refractivity contribution is -0.136. The average molecular weight is 837 g/mol. The predicted octanol–water partition coefficient (Wildman–Crippen LogP) is 5.37. The minimum atomic E-state index is -0.529. The summed E-state index contributed by atoms with van der Waals surface area (Å²) in [5.74, 6) is 0.769. The van der Waals surface area contributed by atoms with Gasteiger partial charge in [0.25, 0.3) is 0 Å². The van der Waals surface area contributed by atoms with E-state index in [1.54, 1.807) is 0 Å². The standard InChI is InChI=1S/C26H28N2O2.C7H15NO.C6H16N2.C4H6O2S.C3H7NO/c29-19-27-25(17-21-12-13-23-10-4-5-11-24(23)16-21)26(30)28-14-6-9-22(18-28)15-20-7-2-1-3-8-20;1-8-6-4-2-3-5-7-9;1-7-5-3-4-6-8-2;1-4(6)7-3-2-5;1-2-4-3-5/h1-5,7-8,10-13,16,19,22,25H,6,9,14-15,17-18H2,(H,27,29);7-8H,2-6H2,1H3;7-8H,3-6H2,1-2H3;2H,3H2,1H3;3H,2H2,1H3,(H,4,5). The molecule has 0 bridgehead atoms. The smallest absolute Gasteiger partial charge is 0.245 e. The molecule has 0 aliphatic carbocycles. The number of amides is 3. The molecule has 1 aliphatic rings. The number of nitrogens with zero attached hydrogens (tertiary/aromatic N) is 1. The van der Waals surface area contributed by atoms with Crippen molar-refractivity contribution in [3.8, 4) is 0 Å². The Morgan fingerprint density at radius 2 is 1.39 bits per heavy atom. The van der Waals surface area contributed by atoms with E-state index in [2.05, 4.69) is 75.1 Å². The molecule has 0 radical (unpaired) electrons. The van der Waals surface area contributed by atoms with Crippen molar-refractivity contribution >= 4 is 58.9 Å². The van der Waals surface area contributed by atoms with Gasteiger partial charge in [0.1, 0.15) is 18.6 Å². The first-order valence-electron chi connectivity index (χ1n) is 20.9. The Morgan fingerprint density at radius 1 is 0.763 bits per heavy atom. The zero-order valence-corrected chi connectivity index (χ0v) is 37.0. The van der Waals surface area contributed by atoms with E-state index in [0.717, 1.165) is 100 Å². The molecule has 1 aliphatic heterocycles. The molecule has 3 aromatic carbocycles. The summed E-state index contributed by atoms with van der Waals surface area (Å²) in [6, 6.07) is 24.3. The van der Waals surface area contributed by atoms with Crippen molar-refractivity contribution in [2.75, 3.05) is 66.2 Å². The Balaban J connectivity index is 0.000000942. The van der Waals surface area contributed by atoms with E-state index in [-0.39, 0.29) is 16.8 Å². The molecule has 12 nitrogen and oxygen atoms in total. The summed E-state index contributed by atoms with van der Waals surface area (Å²) in [7, 11) is 5.92.